The van der Waals surface area contributed by atoms with Gasteiger partial charge in [-0.1, -0.05) is 119 Å². The lowest BCUT2D eigenvalue weighted by atomic mass is 9.98. The standard InChI is InChI=1S/C37H30N2O/c1-27-13-20-32(21-14-27)39(33-22-15-28(2)16-23-33)34-24-18-31(19-25-34)37-36(30-11-7-4-8-12-30)35(40-38-37)26-17-29-9-5-3-6-10-29/h3-26H,1-2H3/b26-17+. The molecule has 0 saturated carbocycles. The molecule has 0 aliphatic rings. The van der Waals surface area contributed by atoms with Crippen LogP contribution in [-0.2, 0) is 0 Å². The van der Waals surface area contributed by atoms with Gasteiger partial charge in [-0.2, -0.15) is 0 Å². The first-order valence-electron chi connectivity index (χ1n) is 13.5. The second-order valence-corrected chi connectivity index (χ2v) is 9.93. The Balaban J connectivity index is 1.40. The fourth-order valence-electron chi connectivity index (χ4n) is 4.84. The molecule has 194 valence electrons. The van der Waals surface area contributed by atoms with Crippen molar-refractivity contribution in [2.45, 2.75) is 13.8 Å². The molecule has 0 fully saturated rings. The van der Waals surface area contributed by atoms with Crippen LogP contribution < -0.4 is 4.90 Å². The van der Waals surface area contributed by atoms with E-state index >= 15 is 0 Å². The van der Waals surface area contributed by atoms with E-state index in [1.807, 2.05) is 42.5 Å². The Bertz CT molecular complexity index is 1670. The van der Waals surface area contributed by atoms with Crippen molar-refractivity contribution in [3.8, 4) is 22.4 Å². The predicted molar refractivity (Wildman–Crippen MR) is 167 cm³/mol. The molecule has 3 nitrogen and oxygen atoms in total. The fourth-order valence-corrected chi connectivity index (χ4v) is 4.84. The smallest absolute Gasteiger partial charge is 0.168 e. The van der Waals surface area contributed by atoms with Crippen molar-refractivity contribution in [3.05, 3.63) is 156 Å². The lowest BCUT2D eigenvalue weighted by Gasteiger charge is -2.26. The zero-order valence-electron chi connectivity index (χ0n) is 22.7. The molecule has 1 aromatic heterocycles. The summed E-state index contributed by atoms with van der Waals surface area (Å²) in [5, 5.41) is 4.55. The maximum Gasteiger partial charge on any atom is 0.168 e. The van der Waals surface area contributed by atoms with Crippen LogP contribution in [0.3, 0.4) is 0 Å². The van der Waals surface area contributed by atoms with Gasteiger partial charge in [0.05, 0.1) is 5.56 Å². The maximum absolute atomic E-state index is 5.92. The number of anilines is 3. The monoisotopic (exact) mass is 518 g/mol. The minimum atomic E-state index is 0.732. The van der Waals surface area contributed by atoms with Crippen molar-refractivity contribution >= 4 is 29.2 Å². The average Bonchev–Trinajstić information content (AvgIpc) is 3.43. The van der Waals surface area contributed by atoms with Crippen LogP contribution in [0.15, 0.2) is 138 Å². The van der Waals surface area contributed by atoms with Crippen molar-refractivity contribution in [1.82, 2.24) is 5.16 Å². The summed E-state index contributed by atoms with van der Waals surface area (Å²) < 4.78 is 5.92. The molecule has 0 spiro atoms. The topological polar surface area (TPSA) is 29.3 Å². The van der Waals surface area contributed by atoms with E-state index in [1.165, 1.54) is 11.1 Å². The van der Waals surface area contributed by atoms with Gasteiger partial charge in [0.1, 0.15) is 5.69 Å². The van der Waals surface area contributed by atoms with Crippen LogP contribution in [0, 0.1) is 13.8 Å². The number of aromatic nitrogens is 1. The Hall–Kier alpha value is -5.15. The van der Waals surface area contributed by atoms with Crippen LogP contribution in [0.5, 0.6) is 0 Å². The number of aryl methyl sites for hydroxylation is 2. The summed E-state index contributed by atoms with van der Waals surface area (Å²) in [5.74, 6) is 0.732. The summed E-state index contributed by atoms with van der Waals surface area (Å²) in [6, 6.07) is 46.3. The molecule has 0 N–H and O–H groups in total. The Kier molecular flexibility index (Phi) is 7.11. The molecule has 6 aromatic rings. The normalized spacial score (nSPS) is 11.2. The largest absolute Gasteiger partial charge is 0.356 e. The second kappa shape index (κ2) is 11.3. The third kappa shape index (κ3) is 5.36. The van der Waals surface area contributed by atoms with Crippen molar-refractivity contribution in [3.63, 3.8) is 0 Å². The molecule has 0 saturated heterocycles. The third-order valence-corrected chi connectivity index (χ3v) is 6.99. The van der Waals surface area contributed by atoms with Gasteiger partial charge >= 0.3 is 0 Å². The molecule has 3 heteroatoms. The highest BCUT2D eigenvalue weighted by molar-refractivity contribution is 5.88. The van der Waals surface area contributed by atoms with Gasteiger partial charge in [0.2, 0.25) is 0 Å². The van der Waals surface area contributed by atoms with Crippen LogP contribution in [0.2, 0.25) is 0 Å². The van der Waals surface area contributed by atoms with Crippen molar-refractivity contribution in [2.75, 3.05) is 4.90 Å². The third-order valence-electron chi connectivity index (χ3n) is 6.99. The Morgan fingerprint density at radius 1 is 0.525 bits per heavy atom. The highest BCUT2D eigenvalue weighted by Gasteiger charge is 2.19. The number of nitrogens with zero attached hydrogens (tertiary/aromatic N) is 2. The van der Waals surface area contributed by atoms with Gasteiger partial charge in [-0.3, -0.25) is 0 Å². The minimum Gasteiger partial charge on any atom is -0.356 e. The predicted octanol–water partition coefficient (Wildman–Crippen LogP) is 10.3. The van der Waals surface area contributed by atoms with Crippen LogP contribution in [-0.4, -0.2) is 5.16 Å². The van der Waals surface area contributed by atoms with E-state index in [4.69, 9.17) is 4.52 Å². The number of hydrogen-bond acceptors (Lipinski definition) is 3. The van der Waals surface area contributed by atoms with E-state index in [1.54, 1.807) is 0 Å². The summed E-state index contributed by atoms with van der Waals surface area (Å²) >= 11 is 0. The van der Waals surface area contributed by atoms with Gasteiger partial charge in [-0.15, -0.1) is 0 Å². The zero-order valence-corrected chi connectivity index (χ0v) is 22.7. The first-order chi connectivity index (χ1) is 19.7. The van der Waals surface area contributed by atoms with Crippen LogP contribution in [0.4, 0.5) is 17.1 Å². The number of rotatable bonds is 7. The van der Waals surface area contributed by atoms with E-state index in [0.717, 1.165) is 50.8 Å². The molecule has 0 amide bonds. The van der Waals surface area contributed by atoms with Crippen LogP contribution in [0.25, 0.3) is 34.5 Å². The van der Waals surface area contributed by atoms with E-state index in [2.05, 4.69) is 127 Å². The van der Waals surface area contributed by atoms with Gasteiger partial charge in [-0.25, -0.2) is 0 Å². The molecule has 0 atom stereocenters. The average molecular weight is 519 g/mol. The van der Waals surface area contributed by atoms with Crippen LogP contribution >= 0.6 is 0 Å². The van der Waals surface area contributed by atoms with E-state index < -0.39 is 0 Å². The van der Waals surface area contributed by atoms with Gasteiger partial charge in [0.25, 0.3) is 0 Å². The molecular weight excluding hydrogens is 488 g/mol. The second-order valence-electron chi connectivity index (χ2n) is 9.93. The summed E-state index contributed by atoms with van der Waals surface area (Å²) in [7, 11) is 0. The zero-order chi connectivity index (χ0) is 27.3. The molecule has 6 rings (SSSR count). The van der Waals surface area contributed by atoms with Crippen LogP contribution in [0.1, 0.15) is 22.5 Å². The summed E-state index contributed by atoms with van der Waals surface area (Å²) in [6.45, 7) is 4.22. The Labute approximate surface area is 235 Å². The lowest BCUT2D eigenvalue weighted by molar-refractivity contribution is 0.416. The van der Waals surface area contributed by atoms with E-state index in [9.17, 15) is 0 Å². The Morgan fingerprint density at radius 2 is 1.02 bits per heavy atom. The van der Waals surface area contributed by atoms with Crippen molar-refractivity contribution in [1.29, 1.82) is 0 Å². The number of hydrogen-bond donors (Lipinski definition) is 0. The Morgan fingerprint density at radius 3 is 1.57 bits per heavy atom. The van der Waals surface area contributed by atoms with E-state index in [0.29, 0.717) is 0 Å². The lowest BCUT2D eigenvalue weighted by Crippen LogP contribution is -2.09. The maximum atomic E-state index is 5.92. The van der Waals surface area contributed by atoms with Gasteiger partial charge in [0, 0.05) is 22.6 Å². The molecule has 0 aliphatic heterocycles. The molecule has 40 heavy (non-hydrogen) atoms. The van der Waals surface area contributed by atoms with Gasteiger partial charge in [-0.05, 0) is 67.4 Å². The minimum absolute atomic E-state index is 0.732. The quantitative estimate of drug-likeness (QED) is 0.210. The fraction of sp³-hybridized carbons (Fsp3) is 0.0541. The summed E-state index contributed by atoms with van der Waals surface area (Å²) in [4.78, 5) is 2.28. The van der Waals surface area contributed by atoms with Gasteiger partial charge < -0.3 is 9.42 Å². The molecule has 0 radical (unpaired) electrons. The molecule has 0 bridgehead atoms. The van der Waals surface area contributed by atoms with Gasteiger partial charge in [0.15, 0.2) is 5.76 Å². The molecular formula is C37H30N2O. The SMILES string of the molecule is Cc1ccc(N(c2ccc(C)cc2)c2ccc(-c3noc(/C=C/c4ccccc4)c3-c3ccccc3)cc2)cc1. The summed E-state index contributed by atoms with van der Waals surface area (Å²) in [6.07, 6.45) is 4.06. The highest BCUT2D eigenvalue weighted by Crippen LogP contribution is 2.39. The first kappa shape index (κ1) is 25.1. The van der Waals surface area contributed by atoms with Crippen molar-refractivity contribution < 1.29 is 4.52 Å². The molecule has 1 heterocycles. The number of benzene rings is 5. The molecule has 0 unspecified atom stereocenters. The highest BCUT2D eigenvalue weighted by atomic mass is 16.5. The first-order valence-corrected chi connectivity index (χ1v) is 13.5. The van der Waals surface area contributed by atoms with Crippen molar-refractivity contribution in [2.24, 2.45) is 0 Å². The molecule has 0 aliphatic carbocycles. The summed E-state index contributed by atoms with van der Waals surface area (Å²) in [5.41, 5.74) is 10.7. The van der Waals surface area contributed by atoms with E-state index in [-0.39, 0.29) is 0 Å². The molecule has 5 aromatic carbocycles.